The summed E-state index contributed by atoms with van der Waals surface area (Å²) >= 11 is 0. The summed E-state index contributed by atoms with van der Waals surface area (Å²) in [4.78, 5) is 12.1. The first-order valence-corrected chi connectivity index (χ1v) is 10.1. The van der Waals surface area contributed by atoms with Crippen LogP contribution in [-0.4, -0.2) is 31.7 Å². The molecule has 7 heteroatoms. The van der Waals surface area contributed by atoms with E-state index in [1.807, 2.05) is 31.2 Å². The Kier molecular flexibility index (Phi) is 7.27. The van der Waals surface area contributed by atoms with E-state index in [-0.39, 0.29) is 25.5 Å². The zero-order valence-electron chi connectivity index (χ0n) is 15.4. The molecule has 0 atom stereocenters. The van der Waals surface area contributed by atoms with Gasteiger partial charge < -0.3 is 5.32 Å². The molecule has 0 spiro atoms. The van der Waals surface area contributed by atoms with E-state index < -0.39 is 15.9 Å². The van der Waals surface area contributed by atoms with Gasteiger partial charge in [0.2, 0.25) is 15.9 Å². The van der Waals surface area contributed by atoms with Crippen LogP contribution in [0.3, 0.4) is 0 Å². The second-order valence-electron chi connectivity index (χ2n) is 6.09. The van der Waals surface area contributed by atoms with Gasteiger partial charge in [-0.2, -0.15) is 4.31 Å². The summed E-state index contributed by atoms with van der Waals surface area (Å²) < 4.78 is 38.9. The van der Waals surface area contributed by atoms with Crippen LogP contribution in [0.5, 0.6) is 0 Å². The lowest BCUT2D eigenvalue weighted by molar-refractivity contribution is -0.121. The molecule has 0 aliphatic rings. The minimum atomic E-state index is -3.72. The molecule has 2 aromatic carbocycles. The van der Waals surface area contributed by atoms with E-state index in [1.54, 1.807) is 19.1 Å². The highest BCUT2D eigenvalue weighted by atomic mass is 32.2. The predicted octanol–water partition coefficient (Wildman–Crippen LogP) is 3.07. The highest BCUT2D eigenvalue weighted by Crippen LogP contribution is 2.09. The van der Waals surface area contributed by atoms with Crippen LogP contribution in [0.2, 0.25) is 0 Å². The number of likely N-dealkylation sites (N-methyl/N-ethyl adjacent to an activating group) is 1. The van der Waals surface area contributed by atoms with Gasteiger partial charge in [0.15, 0.2) is 0 Å². The van der Waals surface area contributed by atoms with Crippen molar-refractivity contribution in [3.63, 3.8) is 0 Å². The monoisotopic (exact) mass is 390 g/mol. The standard InChI is InChI=1S/C20H23FN2O3S/c1-3-23(15-20(24)22-14-18-8-10-19(21)11-9-18)27(25,26)13-12-17-6-4-16(2)5-7-17/h4-13H,3,14-15H2,1-2H3,(H,22,24). The smallest absolute Gasteiger partial charge is 0.236 e. The molecule has 144 valence electrons. The molecule has 0 radical (unpaired) electrons. The number of carbonyl (C=O) groups is 1. The minimum Gasteiger partial charge on any atom is -0.351 e. The van der Waals surface area contributed by atoms with Crippen molar-refractivity contribution >= 4 is 22.0 Å². The first-order valence-electron chi connectivity index (χ1n) is 8.56. The third-order valence-electron chi connectivity index (χ3n) is 3.95. The molecule has 1 amide bonds. The fraction of sp³-hybridized carbons (Fsp3) is 0.250. The SMILES string of the molecule is CCN(CC(=O)NCc1ccc(F)cc1)S(=O)(=O)C=Cc1ccc(C)cc1. The molecule has 1 N–H and O–H groups in total. The number of hydrogen-bond acceptors (Lipinski definition) is 3. The highest BCUT2D eigenvalue weighted by Gasteiger charge is 2.20. The van der Waals surface area contributed by atoms with E-state index in [0.717, 1.165) is 26.4 Å². The topological polar surface area (TPSA) is 66.5 Å². The van der Waals surface area contributed by atoms with E-state index in [9.17, 15) is 17.6 Å². The summed E-state index contributed by atoms with van der Waals surface area (Å²) in [6.07, 6.45) is 1.51. The van der Waals surface area contributed by atoms with E-state index in [4.69, 9.17) is 0 Å². The predicted molar refractivity (Wildman–Crippen MR) is 105 cm³/mol. The van der Waals surface area contributed by atoms with Crippen molar-refractivity contribution in [1.29, 1.82) is 0 Å². The number of amides is 1. The van der Waals surface area contributed by atoms with Gasteiger partial charge in [-0.05, 0) is 36.3 Å². The molecule has 5 nitrogen and oxygen atoms in total. The molecule has 27 heavy (non-hydrogen) atoms. The van der Waals surface area contributed by atoms with Gasteiger partial charge in [0.1, 0.15) is 5.82 Å². The zero-order chi connectivity index (χ0) is 19.9. The van der Waals surface area contributed by atoms with Crippen LogP contribution in [0, 0.1) is 12.7 Å². The highest BCUT2D eigenvalue weighted by molar-refractivity contribution is 7.92. The van der Waals surface area contributed by atoms with E-state index in [0.29, 0.717) is 0 Å². The Labute approximate surface area is 159 Å². The summed E-state index contributed by atoms with van der Waals surface area (Å²) in [5.74, 6) is -0.776. The number of rotatable bonds is 8. The molecule has 0 aromatic heterocycles. The van der Waals surface area contributed by atoms with Crippen LogP contribution in [0.1, 0.15) is 23.6 Å². The molecule has 2 rings (SSSR count). The molecule has 0 aliphatic heterocycles. The lowest BCUT2D eigenvalue weighted by Gasteiger charge is -2.18. The number of halogens is 1. The zero-order valence-corrected chi connectivity index (χ0v) is 16.2. The Bertz CT molecular complexity index is 892. The van der Waals surface area contributed by atoms with Crippen molar-refractivity contribution in [2.45, 2.75) is 20.4 Å². The maximum atomic E-state index is 12.9. The first-order chi connectivity index (χ1) is 12.8. The van der Waals surface area contributed by atoms with Crippen molar-refractivity contribution in [2.24, 2.45) is 0 Å². The van der Waals surface area contributed by atoms with Crippen molar-refractivity contribution in [2.75, 3.05) is 13.1 Å². The summed E-state index contributed by atoms with van der Waals surface area (Å²) in [6, 6.07) is 13.2. The molecule has 0 saturated heterocycles. The van der Waals surface area contributed by atoms with Crippen LogP contribution in [0.4, 0.5) is 4.39 Å². The summed E-state index contributed by atoms with van der Waals surface area (Å²) in [5.41, 5.74) is 2.58. The lowest BCUT2D eigenvalue weighted by Crippen LogP contribution is -2.39. The Morgan fingerprint density at radius 1 is 1.11 bits per heavy atom. The second kappa shape index (κ2) is 9.43. The van der Waals surface area contributed by atoms with Gasteiger partial charge in [0.05, 0.1) is 6.54 Å². The molecule has 2 aromatic rings. The van der Waals surface area contributed by atoms with Crippen LogP contribution >= 0.6 is 0 Å². The third-order valence-corrected chi connectivity index (χ3v) is 5.53. The maximum Gasteiger partial charge on any atom is 0.236 e. The van der Waals surface area contributed by atoms with Gasteiger partial charge in [-0.3, -0.25) is 4.79 Å². The summed E-state index contributed by atoms with van der Waals surface area (Å²) in [5, 5.41) is 3.75. The van der Waals surface area contributed by atoms with Gasteiger partial charge in [0, 0.05) is 18.5 Å². The van der Waals surface area contributed by atoms with Gasteiger partial charge in [-0.15, -0.1) is 0 Å². The van der Waals surface area contributed by atoms with E-state index in [1.165, 1.54) is 18.2 Å². The molecule has 0 saturated carbocycles. The van der Waals surface area contributed by atoms with Gasteiger partial charge >= 0.3 is 0 Å². The fourth-order valence-corrected chi connectivity index (χ4v) is 3.49. The van der Waals surface area contributed by atoms with E-state index in [2.05, 4.69) is 5.32 Å². The second-order valence-corrected chi connectivity index (χ2v) is 7.91. The first kappa shape index (κ1) is 20.8. The van der Waals surface area contributed by atoms with Crippen LogP contribution < -0.4 is 5.32 Å². The molecule has 0 bridgehead atoms. The van der Waals surface area contributed by atoms with Gasteiger partial charge in [-0.1, -0.05) is 48.9 Å². The van der Waals surface area contributed by atoms with Crippen molar-refractivity contribution < 1.29 is 17.6 Å². The molecular weight excluding hydrogens is 367 g/mol. The van der Waals surface area contributed by atoms with Gasteiger partial charge in [0.25, 0.3) is 0 Å². The average molecular weight is 390 g/mol. The number of sulfonamides is 1. The van der Waals surface area contributed by atoms with Crippen LogP contribution in [0.25, 0.3) is 6.08 Å². The molecule has 0 heterocycles. The molecule has 0 aliphatic carbocycles. The Morgan fingerprint density at radius 2 is 1.74 bits per heavy atom. The maximum absolute atomic E-state index is 12.9. The number of nitrogens with one attached hydrogen (secondary N) is 1. The fourth-order valence-electron chi connectivity index (χ4n) is 2.33. The van der Waals surface area contributed by atoms with Crippen molar-refractivity contribution in [3.8, 4) is 0 Å². The van der Waals surface area contributed by atoms with Crippen LogP contribution in [0.15, 0.2) is 53.9 Å². The normalized spacial score (nSPS) is 11.9. The lowest BCUT2D eigenvalue weighted by atomic mass is 10.2. The quantitative estimate of drug-likeness (QED) is 0.753. The molecule has 0 fully saturated rings. The minimum absolute atomic E-state index is 0.171. The average Bonchev–Trinajstić information content (AvgIpc) is 2.65. The number of aryl methyl sites for hydroxylation is 1. The Hall–Kier alpha value is -2.51. The number of benzene rings is 2. The van der Waals surface area contributed by atoms with E-state index >= 15 is 0 Å². The third kappa shape index (κ3) is 6.62. The number of hydrogen-bond donors (Lipinski definition) is 1. The Morgan fingerprint density at radius 3 is 2.33 bits per heavy atom. The van der Waals surface area contributed by atoms with Crippen molar-refractivity contribution in [1.82, 2.24) is 9.62 Å². The molecule has 0 unspecified atom stereocenters. The molecular formula is C20H23FN2O3S. The van der Waals surface area contributed by atoms with Crippen LogP contribution in [-0.2, 0) is 21.4 Å². The largest absolute Gasteiger partial charge is 0.351 e. The summed E-state index contributed by atoms with van der Waals surface area (Å²) in [7, 11) is -3.72. The summed E-state index contributed by atoms with van der Waals surface area (Å²) in [6.45, 7) is 3.72. The number of nitrogens with zero attached hydrogens (tertiary/aromatic N) is 1. The Balaban J connectivity index is 1.96. The van der Waals surface area contributed by atoms with Gasteiger partial charge in [-0.25, -0.2) is 12.8 Å². The van der Waals surface area contributed by atoms with Crippen molar-refractivity contribution in [3.05, 3.63) is 76.4 Å². The number of carbonyl (C=O) groups excluding carboxylic acids is 1.